The van der Waals surface area contributed by atoms with Crippen molar-refractivity contribution in [1.82, 2.24) is 5.43 Å². The number of hydrazone groups is 1. The number of hydrogen-bond donors (Lipinski definition) is 2. The fraction of sp³-hybridized carbons (Fsp3) is 0.800. The lowest BCUT2D eigenvalue weighted by Crippen LogP contribution is -2.26. The molecule has 0 heterocycles. The van der Waals surface area contributed by atoms with E-state index in [4.69, 9.17) is 5.73 Å². The monoisotopic (exact) mass is 195 g/mol. The fourth-order valence-corrected chi connectivity index (χ4v) is 2.97. The second-order valence-corrected chi connectivity index (χ2v) is 4.46. The van der Waals surface area contributed by atoms with Crippen LogP contribution in [0.1, 0.15) is 32.6 Å². The third-order valence-electron chi connectivity index (χ3n) is 3.57. The molecule has 2 rings (SSSR count). The lowest BCUT2D eigenvalue weighted by molar-refractivity contribution is 0.249. The summed E-state index contributed by atoms with van der Waals surface area (Å²) in [6.45, 7) is 2.27. The van der Waals surface area contributed by atoms with E-state index in [1.807, 2.05) is 0 Å². The first-order valence-electron chi connectivity index (χ1n) is 5.30. The summed E-state index contributed by atoms with van der Waals surface area (Å²) in [6.07, 6.45) is 4.88. The highest BCUT2D eigenvalue weighted by molar-refractivity contribution is 5.90. The van der Waals surface area contributed by atoms with Crippen LogP contribution in [-0.2, 0) is 0 Å². The minimum atomic E-state index is -0.563. The first-order valence-corrected chi connectivity index (χ1v) is 5.30. The molecule has 2 amide bonds. The van der Waals surface area contributed by atoms with Gasteiger partial charge < -0.3 is 5.73 Å². The van der Waals surface area contributed by atoms with Crippen molar-refractivity contribution in [3.8, 4) is 0 Å². The predicted molar refractivity (Wildman–Crippen MR) is 54.8 cm³/mol. The highest BCUT2D eigenvalue weighted by Gasteiger charge is 2.41. The van der Waals surface area contributed by atoms with Gasteiger partial charge >= 0.3 is 6.03 Å². The van der Waals surface area contributed by atoms with E-state index >= 15 is 0 Å². The Morgan fingerprint density at radius 1 is 1.57 bits per heavy atom. The predicted octanol–water partition coefficient (Wildman–Crippen LogP) is 1.47. The molecule has 2 saturated carbocycles. The van der Waals surface area contributed by atoms with E-state index in [1.165, 1.54) is 19.3 Å². The van der Waals surface area contributed by atoms with Crippen molar-refractivity contribution in [3.05, 3.63) is 0 Å². The summed E-state index contributed by atoms with van der Waals surface area (Å²) < 4.78 is 0. The van der Waals surface area contributed by atoms with E-state index in [0.29, 0.717) is 5.92 Å². The summed E-state index contributed by atoms with van der Waals surface area (Å²) in [4.78, 5) is 10.5. The zero-order chi connectivity index (χ0) is 10.1. The number of carbonyl (C=O) groups is 1. The number of amides is 2. The Kier molecular flexibility index (Phi) is 2.44. The van der Waals surface area contributed by atoms with Crippen LogP contribution in [0, 0.1) is 17.8 Å². The van der Waals surface area contributed by atoms with Crippen molar-refractivity contribution < 1.29 is 4.79 Å². The molecule has 0 radical (unpaired) electrons. The quantitative estimate of drug-likeness (QED) is 0.611. The number of fused-ring (bicyclic) bond motifs is 1. The third-order valence-corrected chi connectivity index (χ3v) is 3.57. The number of nitrogens with two attached hydrogens (primary N) is 1. The van der Waals surface area contributed by atoms with Gasteiger partial charge in [-0.25, -0.2) is 10.2 Å². The average Bonchev–Trinajstić information content (AvgIpc) is 2.67. The van der Waals surface area contributed by atoms with Gasteiger partial charge in [-0.15, -0.1) is 0 Å². The number of urea groups is 1. The SMILES string of the molecule is C[C@H]1C/C(=N\NC(N)=O)[C@H]2CCC[C@H]21. The molecule has 0 saturated heterocycles. The van der Waals surface area contributed by atoms with Gasteiger partial charge in [-0.2, -0.15) is 5.10 Å². The zero-order valence-electron chi connectivity index (χ0n) is 8.49. The molecule has 14 heavy (non-hydrogen) atoms. The number of carbonyl (C=O) groups excluding carboxylic acids is 1. The van der Waals surface area contributed by atoms with E-state index in [1.54, 1.807) is 0 Å². The van der Waals surface area contributed by atoms with Gasteiger partial charge in [0.15, 0.2) is 0 Å². The van der Waals surface area contributed by atoms with E-state index in [2.05, 4.69) is 17.5 Å². The molecule has 0 spiro atoms. The van der Waals surface area contributed by atoms with Gasteiger partial charge in [0.1, 0.15) is 0 Å². The molecule has 3 atom stereocenters. The summed E-state index contributed by atoms with van der Waals surface area (Å²) in [6, 6.07) is -0.563. The summed E-state index contributed by atoms with van der Waals surface area (Å²) in [5, 5.41) is 4.11. The van der Waals surface area contributed by atoms with Crippen molar-refractivity contribution >= 4 is 11.7 Å². The smallest absolute Gasteiger partial charge is 0.332 e. The molecular weight excluding hydrogens is 178 g/mol. The Hall–Kier alpha value is -1.06. The lowest BCUT2D eigenvalue weighted by atomic mass is 9.94. The maximum absolute atomic E-state index is 10.5. The van der Waals surface area contributed by atoms with Crippen LogP contribution in [0.4, 0.5) is 4.79 Å². The van der Waals surface area contributed by atoms with Crippen LogP contribution < -0.4 is 11.2 Å². The van der Waals surface area contributed by atoms with Crippen molar-refractivity contribution in [1.29, 1.82) is 0 Å². The Bertz CT molecular complexity index is 275. The molecule has 2 fully saturated rings. The third kappa shape index (κ3) is 1.61. The maximum atomic E-state index is 10.5. The number of hydrogen-bond acceptors (Lipinski definition) is 2. The molecule has 2 aliphatic carbocycles. The molecule has 0 unspecified atom stereocenters. The molecule has 4 nitrogen and oxygen atoms in total. The summed E-state index contributed by atoms with van der Waals surface area (Å²) in [7, 11) is 0. The highest BCUT2D eigenvalue weighted by atomic mass is 16.2. The van der Waals surface area contributed by atoms with Crippen LogP contribution in [0.3, 0.4) is 0 Å². The maximum Gasteiger partial charge on any atom is 0.332 e. The molecule has 2 aliphatic rings. The molecule has 0 aromatic heterocycles. The second-order valence-electron chi connectivity index (χ2n) is 4.46. The van der Waals surface area contributed by atoms with E-state index in [-0.39, 0.29) is 0 Å². The molecule has 0 aromatic carbocycles. The summed E-state index contributed by atoms with van der Waals surface area (Å²) >= 11 is 0. The van der Waals surface area contributed by atoms with Gasteiger partial charge in [-0.1, -0.05) is 13.3 Å². The van der Waals surface area contributed by atoms with E-state index in [0.717, 1.165) is 24.0 Å². The lowest BCUT2D eigenvalue weighted by Gasteiger charge is -2.11. The normalized spacial score (nSPS) is 38.6. The van der Waals surface area contributed by atoms with Crippen molar-refractivity contribution in [2.45, 2.75) is 32.6 Å². The van der Waals surface area contributed by atoms with Gasteiger partial charge in [0.05, 0.1) is 0 Å². The summed E-state index contributed by atoms with van der Waals surface area (Å²) in [5.41, 5.74) is 8.48. The minimum Gasteiger partial charge on any atom is -0.350 e. The van der Waals surface area contributed by atoms with E-state index in [9.17, 15) is 4.79 Å². The summed E-state index contributed by atoms with van der Waals surface area (Å²) in [5.74, 6) is 2.12. The zero-order valence-corrected chi connectivity index (χ0v) is 8.49. The standard InChI is InChI=1S/C10H17N3O/c1-6-5-9(12-13-10(11)14)8-4-2-3-7(6)8/h6-8H,2-5H2,1H3,(H3,11,13,14)/b12-9+/t6-,7-,8-/m0/s1. The van der Waals surface area contributed by atoms with Crippen molar-refractivity contribution in [2.75, 3.05) is 0 Å². The van der Waals surface area contributed by atoms with Crippen LogP contribution in [0.2, 0.25) is 0 Å². The number of nitrogens with zero attached hydrogens (tertiary/aromatic N) is 1. The van der Waals surface area contributed by atoms with Crippen LogP contribution in [-0.4, -0.2) is 11.7 Å². The Balaban J connectivity index is 2.06. The molecule has 4 heteroatoms. The molecule has 3 N–H and O–H groups in total. The van der Waals surface area contributed by atoms with Gasteiger partial charge in [0.2, 0.25) is 0 Å². The van der Waals surface area contributed by atoms with Crippen LogP contribution in [0.25, 0.3) is 0 Å². The van der Waals surface area contributed by atoms with Gasteiger partial charge in [0, 0.05) is 11.6 Å². The molecular formula is C10H17N3O. The average molecular weight is 195 g/mol. The highest BCUT2D eigenvalue weighted by Crippen LogP contribution is 2.45. The molecule has 0 aromatic rings. The van der Waals surface area contributed by atoms with Gasteiger partial charge in [0.25, 0.3) is 0 Å². The Morgan fingerprint density at radius 2 is 2.36 bits per heavy atom. The number of rotatable bonds is 1. The largest absolute Gasteiger partial charge is 0.350 e. The number of nitrogens with one attached hydrogen (secondary N) is 1. The van der Waals surface area contributed by atoms with E-state index < -0.39 is 6.03 Å². The first kappa shape index (κ1) is 9.49. The van der Waals surface area contributed by atoms with Crippen LogP contribution in [0.15, 0.2) is 5.10 Å². The molecule has 78 valence electrons. The Morgan fingerprint density at radius 3 is 3.07 bits per heavy atom. The second kappa shape index (κ2) is 3.59. The minimum absolute atomic E-state index is 0.563. The first-order chi connectivity index (χ1) is 6.68. The van der Waals surface area contributed by atoms with Gasteiger partial charge in [-0.3, -0.25) is 0 Å². The van der Waals surface area contributed by atoms with Crippen molar-refractivity contribution in [2.24, 2.45) is 28.6 Å². The fourth-order valence-electron chi connectivity index (χ4n) is 2.97. The molecule has 0 aliphatic heterocycles. The van der Waals surface area contributed by atoms with Gasteiger partial charge in [-0.05, 0) is 31.1 Å². The topological polar surface area (TPSA) is 67.5 Å². The van der Waals surface area contributed by atoms with Crippen molar-refractivity contribution in [3.63, 3.8) is 0 Å². The van der Waals surface area contributed by atoms with Crippen LogP contribution >= 0.6 is 0 Å². The molecule has 0 bridgehead atoms. The number of primary amides is 1. The Labute approximate surface area is 83.9 Å². The van der Waals surface area contributed by atoms with Crippen LogP contribution in [0.5, 0.6) is 0 Å².